The Bertz CT molecular complexity index is 1350. The molecule has 0 atom stereocenters. The largest absolute Gasteiger partial charge is 0.346 e. The fraction of sp³-hybridized carbons (Fsp3) is 0.200. The molecule has 4 aromatic rings. The van der Waals surface area contributed by atoms with E-state index in [1.807, 2.05) is 39.0 Å². The number of aromatic nitrogens is 2. The summed E-state index contributed by atoms with van der Waals surface area (Å²) < 4.78 is 14.1. The molecule has 0 fully saturated rings. The number of rotatable bonds is 7. The molecule has 34 heavy (non-hydrogen) atoms. The minimum Gasteiger partial charge on any atom is -0.346 e. The summed E-state index contributed by atoms with van der Waals surface area (Å²) in [6.07, 6.45) is 1.46. The number of halogens is 1. The topological polar surface area (TPSA) is 84.0 Å². The van der Waals surface area contributed by atoms with Gasteiger partial charge in [0.25, 0.3) is 0 Å². The molecule has 0 unspecified atom stereocenters. The number of carbonyl (C=O) groups excluding carboxylic acids is 2. The van der Waals surface area contributed by atoms with Gasteiger partial charge in [-0.3, -0.25) is 9.59 Å². The fourth-order valence-corrected chi connectivity index (χ4v) is 5.65. The van der Waals surface area contributed by atoms with Crippen LogP contribution in [0.25, 0.3) is 20.7 Å². The number of hydrogen-bond donors (Lipinski definition) is 2. The van der Waals surface area contributed by atoms with Crippen LogP contribution in [0.4, 0.5) is 10.1 Å². The number of hydrogen-bond acceptors (Lipinski definition) is 6. The number of thioether (sulfide) groups is 1. The summed E-state index contributed by atoms with van der Waals surface area (Å²) in [5.41, 5.74) is 5.53. The van der Waals surface area contributed by atoms with Gasteiger partial charge in [0, 0.05) is 10.6 Å². The van der Waals surface area contributed by atoms with Crippen molar-refractivity contribution in [1.29, 1.82) is 0 Å². The van der Waals surface area contributed by atoms with Crippen LogP contribution in [-0.2, 0) is 9.59 Å². The number of aryl methyl sites for hydroxylation is 3. The quantitative estimate of drug-likeness (QED) is 0.270. The highest BCUT2D eigenvalue weighted by Crippen LogP contribution is 2.36. The molecule has 0 radical (unpaired) electrons. The summed E-state index contributed by atoms with van der Waals surface area (Å²) in [7, 11) is 0. The van der Waals surface area contributed by atoms with Crippen LogP contribution in [0.3, 0.4) is 0 Å². The monoisotopic (exact) mass is 494 g/mol. The Balaban J connectivity index is 1.35. The third-order valence-electron chi connectivity index (χ3n) is 5.13. The first-order chi connectivity index (χ1) is 16.3. The molecule has 0 spiro atoms. The van der Waals surface area contributed by atoms with E-state index in [1.54, 1.807) is 12.1 Å². The normalized spacial score (nSPS) is 10.9. The highest BCUT2D eigenvalue weighted by molar-refractivity contribution is 8.00. The molecule has 2 amide bonds. The van der Waals surface area contributed by atoms with Crippen LogP contribution in [-0.4, -0.2) is 34.1 Å². The molecule has 9 heteroatoms. The van der Waals surface area contributed by atoms with Gasteiger partial charge in [-0.15, -0.1) is 11.3 Å². The van der Waals surface area contributed by atoms with E-state index >= 15 is 0 Å². The van der Waals surface area contributed by atoms with E-state index in [4.69, 9.17) is 0 Å². The summed E-state index contributed by atoms with van der Waals surface area (Å²) >= 11 is 2.78. The molecule has 0 aliphatic rings. The molecule has 0 bridgehead atoms. The van der Waals surface area contributed by atoms with Crippen LogP contribution in [0.2, 0.25) is 0 Å². The second-order valence-corrected chi connectivity index (χ2v) is 9.91. The van der Waals surface area contributed by atoms with Gasteiger partial charge in [-0.25, -0.2) is 14.4 Å². The van der Waals surface area contributed by atoms with E-state index in [0.29, 0.717) is 5.03 Å². The Morgan fingerprint density at radius 1 is 1.00 bits per heavy atom. The van der Waals surface area contributed by atoms with E-state index in [-0.39, 0.29) is 29.9 Å². The van der Waals surface area contributed by atoms with E-state index < -0.39 is 0 Å². The molecule has 2 N–H and O–H groups in total. The number of thiophene rings is 1. The molecule has 0 aliphatic heterocycles. The number of anilines is 1. The Morgan fingerprint density at radius 2 is 1.71 bits per heavy atom. The lowest BCUT2D eigenvalue weighted by molar-refractivity contribution is -0.122. The predicted molar refractivity (Wildman–Crippen MR) is 136 cm³/mol. The van der Waals surface area contributed by atoms with Crippen molar-refractivity contribution >= 4 is 50.8 Å². The lowest BCUT2D eigenvalue weighted by atomic mass is 10.1. The SMILES string of the molecule is Cc1cc(C)c(NC(=O)CNC(=O)CSc2ncnc3cc(-c4ccc(F)cc4)sc23)c(C)c1. The second kappa shape index (κ2) is 10.3. The Kier molecular flexibility index (Phi) is 7.23. The predicted octanol–water partition coefficient (Wildman–Crippen LogP) is 5.27. The molecule has 2 aromatic heterocycles. The van der Waals surface area contributed by atoms with Crippen LogP contribution in [0.5, 0.6) is 0 Å². The Hall–Kier alpha value is -3.30. The molecule has 6 nitrogen and oxygen atoms in total. The minimum absolute atomic E-state index is 0.112. The highest BCUT2D eigenvalue weighted by atomic mass is 32.2. The molecule has 2 aromatic carbocycles. The van der Waals surface area contributed by atoms with Crippen molar-refractivity contribution in [2.45, 2.75) is 25.8 Å². The average Bonchev–Trinajstić information content (AvgIpc) is 3.24. The van der Waals surface area contributed by atoms with Gasteiger partial charge in [-0.1, -0.05) is 41.6 Å². The summed E-state index contributed by atoms with van der Waals surface area (Å²) in [5, 5.41) is 6.23. The molecule has 0 saturated carbocycles. The maximum absolute atomic E-state index is 13.2. The molecule has 0 saturated heterocycles. The number of nitrogens with one attached hydrogen (secondary N) is 2. The van der Waals surface area contributed by atoms with Crippen molar-refractivity contribution in [2.24, 2.45) is 0 Å². The van der Waals surface area contributed by atoms with E-state index in [9.17, 15) is 14.0 Å². The van der Waals surface area contributed by atoms with Gasteiger partial charge in [0.2, 0.25) is 11.8 Å². The van der Waals surface area contributed by atoms with Gasteiger partial charge in [0.1, 0.15) is 17.2 Å². The van der Waals surface area contributed by atoms with Gasteiger partial charge >= 0.3 is 0 Å². The molecule has 0 aliphatic carbocycles. The summed E-state index contributed by atoms with van der Waals surface area (Å²) in [6.45, 7) is 5.78. The van der Waals surface area contributed by atoms with Crippen LogP contribution in [0, 0.1) is 26.6 Å². The van der Waals surface area contributed by atoms with Crippen LogP contribution in [0.15, 0.2) is 53.8 Å². The molecular weight excluding hydrogens is 471 g/mol. The van der Waals surface area contributed by atoms with Crippen LogP contribution in [0.1, 0.15) is 16.7 Å². The van der Waals surface area contributed by atoms with Gasteiger partial charge < -0.3 is 10.6 Å². The zero-order valence-corrected chi connectivity index (χ0v) is 20.6. The minimum atomic E-state index is -0.287. The standard InChI is InChI=1S/C25H23FN4O2S2/c1-14-8-15(2)23(16(3)9-14)30-21(31)11-27-22(32)12-33-25-24-19(28-13-29-25)10-20(34-24)17-4-6-18(26)7-5-17/h4-10,13H,11-12H2,1-3H3,(H,27,32)(H,30,31). The Labute approximate surface area is 205 Å². The zero-order valence-electron chi connectivity index (χ0n) is 18.9. The van der Waals surface area contributed by atoms with E-state index in [0.717, 1.165) is 43.0 Å². The number of carbonyl (C=O) groups is 2. The van der Waals surface area contributed by atoms with E-state index in [2.05, 4.69) is 20.6 Å². The van der Waals surface area contributed by atoms with Crippen molar-refractivity contribution in [3.8, 4) is 10.4 Å². The Morgan fingerprint density at radius 3 is 2.41 bits per heavy atom. The van der Waals surface area contributed by atoms with Gasteiger partial charge in [-0.05, 0) is 55.7 Å². The third kappa shape index (κ3) is 5.60. The smallest absolute Gasteiger partial charge is 0.243 e. The lowest BCUT2D eigenvalue weighted by Gasteiger charge is -2.13. The van der Waals surface area contributed by atoms with Crippen molar-refractivity contribution in [3.05, 3.63) is 71.3 Å². The van der Waals surface area contributed by atoms with Crippen molar-refractivity contribution in [1.82, 2.24) is 15.3 Å². The van der Waals surface area contributed by atoms with Crippen LogP contribution < -0.4 is 10.6 Å². The van der Waals surface area contributed by atoms with Crippen molar-refractivity contribution in [2.75, 3.05) is 17.6 Å². The van der Waals surface area contributed by atoms with Gasteiger partial charge in [-0.2, -0.15) is 0 Å². The van der Waals surface area contributed by atoms with Crippen molar-refractivity contribution in [3.63, 3.8) is 0 Å². The summed E-state index contributed by atoms with van der Waals surface area (Å²) in [5.74, 6) is -0.712. The maximum Gasteiger partial charge on any atom is 0.243 e. The van der Waals surface area contributed by atoms with Crippen LogP contribution >= 0.6 is 23.1 Å². The number of nitrogens with zero attached hydrogens (tertiary/aromatic N) is 2. The molecule has 174 valence electrons. The number of amides is 2. The molecular formula is C25H23FN4O2S2. The van der Waals surface area contributed by atoms with Gasteiger partial charge in [0.15, 0.2) is 0 Å². The molecule has 4 rings (SSSR count). The van der Waals surface area contributed by atoms with Gasteiger partial charge in [0.05, 0.1) is 22.5 Å². The third-order valence-corrected chi connectivity index (χ3v) is 7.43. The second-order valence-electron chi connectivity index (χ2n) is 7.90. The fourth-order valence-electron chi connectivity index (χ4n) is 3.62. The highest BCUT2D eigenvalue weighted by Gasteiger charge is 2.14. The first kappa shape index (κ1) is 23.8. The van der Waals surface area contributed by atoms with Crippen molar-refractivity contribution < 1.29 is 14.0 Å². The first-order valence-corrected chi connectivity index (χ1v) is 12.4. The first-order valence-electron chi connectivity index (χ1n) is 10.6. The summed E-state index contributed by atoms with van der Waals surface area (Å²) in [6, 6.07) is 12.2. The average molecular weight is 495 g/mol. The van der Waals surface area contributed by atoms with E-state index in [1.165, 1.54) is 41.6 Å². The molecule has 2 heterocycles. The zero-order chi connectivity index (χ0) is 24.2. The lowest BCUT2D eigenvalue weighted by Crippen LogP contribution is -2.34. The number of fused-ring (bicyclic) bond motifs is 1. The number of benzene rings is 2. The summed E-state index contributed by atoms with van der Waals surface area (Å²) in [4.78, 5) is 34.3. The maximum atomic E-state index is 13.2.